The van der Waals surface area contributed by atoms with Gasteiger partial charge in [0.25, 0.3) is 5.91 Å². The van der Waals surface area contributed by atoms with Crippen LogP contribution in [-0.4, -0.2) is 16.7 Å². The predicted molar refractivity (Wildman–Crippen MR) is 115 cm³/mol. The van der Waals surface area contributed by atoms with Crippen LogP contribution >= 0.6 is 0 Å². The summed E-state index contributed by atoms with van der Waals surface area (Å²) in [7, 11) is 0. The van der Waals surface area contributed by atoms with Crippen molar-refractivity contribution in [3.8, 4) is 12.3 Å². The first-order valence-corrected chi connectivity index (χ1v) is 9.02. The van der Waals surface area contributed by atoms with E-state index in [0.29, 0.717) is 12.1 Å². The Hall–Kier alpha value is -3.84. The molecule has 1 amide bonds. The van der Waals surface area contributed by atoms with Gasteiger partial charge in [0.15, 0.2) is 0 Å². The van der Waals surface area contributed by atoms with E-state index in [-0.39, 0.29) is 5.91 Å². The van der Waals surface area contributed by atoms with Crippen LogP contribution in [0.3, 0.4) is 0 Å². The minimum Gasteiger partial charge on any atom is -0.333 e. The molecule has 28 heavy (non-hydrogen) atoms. The Labute approximate surface area is 163 Å². The van der Waals surface area contributed by atoms with Crippen LogP contribution in [0.1, 0.15) is 21.6 Å². The Kier molecular flexibility index (Phi) is 4.65. The summed E-state index contributed by atoms with van der Waals surface area (Å²) >= 11 is 0. The summed E-state index contributed by atoms with van der Waals surface area (Å²) < 4.78 is 2.07. The summed E-state index contributed by atoms with van der Waals surface area (Å²) in [5.74, 6) is 2.45. The van der Waals surface area contributed by atoms with Gasteiger partial charge in [-0.2, -0.15) is 5.10 Å². The highest BCUT2D eigenvalue weighted by molar-refractivity contribution is 6.02. The number of hydrogen-bond donors (Lipinski definition) is 1. The fourth-order valence-corrected chi connectivity index (χ4v) is 3.47. The van der Waals surface area contributed by atoms with Crippen molar-refractivity contribution >= 4 is 33.8 Å². The molecule has 4 nitrogen and oxygen atoms in total. The average molecular weight is 365 g/mol. The van der Waals surface area contributed by atoms with Gasteiger partial charge in [-0.1, -0.05) is 54.5 Å². The highest BCUT2D eigenvalue weighted by atomic mass is 16.2. The number of rotatable bonds is 4. The molecule has 0 atom stereocenters. The monoisotopic (exact) mass is 365 g/mol. The molecule has 3 aromatic carbocycles. The van der Waals surface area contributed by atoms with Gasteiger partial charge in [0, 0.05) is 27.7 Å². The van der Waals surface area contributed by atoms with Gasteiger partial charge in [-0.3, -0.25) is 4.79 Å². The van der Waals surface area contributed by atoms with Gasteiger partial charge < -0.3 is 4.57 Å². The van der Waals surface area contributed by atoms with E-state index in [9.17, 15) is 4.79 Å². The molecule has 0 bridgehead atoms. The van der Waals surface area contributed by atoms with Crippen molar-refractivity contribution in [1.82, 2.24) is 9.99 Å². The lowest BCUT2D eigenvalue weighted by molar-refractivity contribution is 0.0955. The second-order valence-corrected chi connectivity index (χ2v) is 6.57. The molecule has 0 saturated heterocycles. The molecule has 0 saturated carbocycles. The SMILES string of the molecule is C#CCn1c(C)c(/C=N\NC(=O)c2ccc3ccccc3c2)c2ccccc21. The lowest BCUT2D eigenvalue weighted by Crippen LogP contribution is -2.17. The van der Waals surface area contributed by atoms with E-state index in [1.165, 1.54) is 0 Å². The van der Waals surface area contributed by atoms with E-state index in [4.69, 9.17) is 6.42 Å². The summed E-state index contributed by atoms with van der Waals surface area (Å²) in [6.45, 7) is 2.49. The second kappa shape index (κ2) is 7.42. The Bertz CT molecular complexity index is 1260. The van der Waals surface area contributed by atoms with Crippen molar-refractivity contribution in [3.63, 3.8) is 0 Å². The highest BCUT2D eigenvalue weighted by Gasteiger charge is 2.12. The van der Waals surface area contributed by atoms with Crippen LogP contribution in [0.2, 0.25) is 0 Å². The number of benzene rings is 3. The topological polar surface area (TPSA) is 46.4 Å². The smallest absolute Gasteiger partial charge is 0.271 e. The Morgan fingerprint density at radius 2 is 1.86 bits per heavy atom. The predicted octanol–water partition coefficient (Wildman–Crippen LogP) is 4.50. The van der Waals surface area contributed by atoms with Crippen molar-refractivity contribution in [2.45, 2.75) is 13.5 Å². The van der Waals surface area contributed by atoms with E-state index in [2.05, 4.69) is 21.0 Å². The quantitative estimate of drug-likeness (QED) is 0.323. The first-order chi connectivity index (χ1) is 13.7. The van der Waals surface area contributed by atoms with Crippen LogP contribution in [0.5, 0.6) is 0 Å². The van der Waals surface area contributed by atoms with Crippen LogP contribution in [0, 0.1) is 19.3 Å². The number of nitrogens with one attached hydrogen (secondary N) is 1. The van der Waals surface area contributed by atoms with Crippen molar-refractivity contribution in [3.05, 3.63) is 83.6 Å². The summed E-state index contributed by atoms with van der Waals surface area (Å²) in [6, 6.07) is 21.6. The Balaban J connectivity index is 1.60. The summed E-state index contributed by atoms with van der Waals surface area (Å²) in [5, 5.41) is 7.36. The minimum atomic E-state index is -0.244. The molecular formula is C24H19N3O. The molecule has 4 heteroatoms. The van der Waals surface area contributed by atoms with E-state index in [1.54, 1.807) is 12.3 Å². The van der Waals surface area contributed by atoms with Gasteiger partial charge in [-0.15, -0.1) is 6.42 Å². The third-order valence-electron chi connectivity index (χ3n) is 4.90. The van der Waals surface area contributed by atoms with Gasteiger partial charge in [0.2, 0.25) is 0 Å². The standard InChI is InChI=1S/C24H19N3O/c1-3-14-27-17(2)22(21-10-6-7-11-23(21)27)16-25-26-24(28)20-13-12-18-8-4-5-9-19(18)15-20/h1,4-13,15-16H,14H2,2H3,(H,26,28)/b25-16-. The molecule has 0 aliphatic carbocycles. The molecule has 0 radical (unpaired) electrons. The van der Waals surface area contributed by atoms with Gasteiger partial charge in [0.05, 0.1) is 12.8 Å². The maximum absolute atomic E-state index is 12.5. The first-order valence-electron chi connectivity index (χ1n) is 9.02. The van der Waals surface area contributed by atoms with Crippen molar-refractivity contribution in [2.75, 3.05) is 0 Å². The van der Waals surface area contributed by atoms with E-state index < -0.39 is 0 Å². The highest BCUT2D eigenvalue weighted by Crippen LogP contribution is 2.24. The normalized spacial score (nSPS) is 11.1. The van der Waals surface area contributed by atoms with Gasteiger partial charge in [-0.05, 0) is 35.9 Å². The molecule has 136 valence electrons. The number of terminal acetylenes is 1. The minimum absolute atomic E-state index is 0.244. The Morgan fingerprint density at radius 1 is 1.11 bits per heavy atom. The molecule has 0 unspecified atom stereocenters. The third kappa shape index (κ3) is 3.15. The number of nitrogens with zero attached hydrogens (tertiary/aromatic N) is 2. The molecular weight excluding hydrogens is 346 g/mol. The molecule has 4 rings (SSSR count). The van der Waals surface area contributed by atoms with Crippen molar-refractivity contribution < 1.29 is 4.79 Å². The number of carbonyl (C=O) groups excluding carboxylic acids is 1. The van der Waals surface area contributed by atoms with E-state index >= 15 is 0 Å². The molecule has 0 spiro atoms. The van der Waals surface area contributed by atoms with Gasteiger partial charge in [0.1, 0.15) is 0 Å². The van der Waals surface area contributed by atoms with Crippen LogP contribution < -0.4 is 5.43 Å². The number of amides is 1. The van der Waals surface area contributed by atoms with Crippen LogP contribution in [0.4, 0.5) is 0 Å². The van der Waals surface area contributed by atoms with E-state index in [1.807, 2.05) is 67.6 Å². The fourth-order valence-electron chi connectivity index (χ4n) is 3.47. The molecule has 1 heterocycles. The van der Waals surface area contributed by atoms with Crippen molar-refractivity contribution in [2.24, 2.45) is 5.10 Å². The summed E-state index contributed by atoms with van der Waals surface area (Å²) in [5.41, 5.74) is 6.22. The van der Waals surface area contributed by atoms with E-state index in [0.717, 1.165) is 32.9 Å². The van der Waals surface area contributed by atoms with Crippen LogP contribution in [0.25, 0.3) is 21.7 Å². The number of carbonyl (C=O) groups is 1. The maximum Gasteiger partial charge on any atom is 0.271 e. The second-order valence-electron chi connectivity index (χ2n) is 6.57. The van der Waals surface area contributed by atoms with Gasteiger partial charge >= 0.3 is 0 Å². The fraction of sp³-hybridized carbons (Fsp3) is 0.0833. The molecule has 1 N–H and O–H groups in total. The molecule has 0 aliphatic rings. The zero-order valence-electron chi connectivity index (χ0n) is 15.5. The maximum atomic E-state index is 12.5. The number of para-hydroxylation sites is 1. The van der Waals surface area contributed by atoms with Gasteiger partial charge in [-0.25, -0.2) is 5.43 Å². The average Bonchev–Trinajstić information content (AvgIpc) is 2.99. The summed E-state index contributed by atoms with van der Waals surface area (Å²) in [4.78, 5) is 12.5. The zero-order valence-corrected chi connectivity index (χ0v) is 15.5. The molecule has 1 aromatic heterocycles. The largest absolute Gasteiger partial charge is 0.333 e. The first kappa shape index (κ1) is 17.6. The number of fused-ring (bicyclic) bond motifs is 2. The lowest BCUT2D eigenvalue weighted by Gasteiger charge is -2.03. The number of hydrogen-bond acceptors (Lipinski definition) is 2. The van der Waals surface area contributed by atoms with Crippen molar-refractivity contribution in [1.29, 1.82) is 0 Å². The summed E-state index contributed by atoms with van der Waals surface area (Å²) in [6.07, 6.45) is 7.20. The van der Waals surface area contributed by atoms with Crippen LogP contribution in [-0.2, 0) is 6.54 Å². The number of aromatic nitrogens is 1. The lowest BCUT2D eigenvalue weighted by atomic mass is 10.1. The number of hydrazone groups is 1. The molecule has 4 aromatic rings. The Morgan fingerprint density at radius 3 is 2.68 bits per heavy atom. The third-order valence-corrected chi connectivity index (χ3v) is 4.90. The molecule has 0 aliphatic heterocycles. The zero-order chi connectivity index (χ0) is 19.5. The van der Waals surface area contributed by atoms with Crippen LogP contribution in [0.15, 0.2) is 71.8 Å². The molecule has 0 fully saturated rings.